The summed E-state index contributed by atoms with van der Waals surface area (Å²) in [5.41, 5.74) is -5.02. The maximum absolute atomic E-state index is 9.93. The Balaban J connectivity index is 1.16. The standard InChI is InChI=1S/C54H34N2O/c1-3-11-35(12-4-1)36-19-21-37(22-20-36)40-24-28-46-47-29-26-42(34-54(47)57-53(46)33-40)56-50-18-10-8-16-44(50)48-31-38(25-30-51(48)56)39-23-27-45-43-15-7-9-17-49(43)55(52(45)32-39)41-13-5-2-6-14-41/h1-34H/i3D,4D,7D,8D,9D,10D,15D,16D,17D,18D,19D,20D,21D,22D,23D,24D,25D,26D,27D,28D,29D,31D,32D,33D,34D. The average molecular weight is 752 g/mol. The van der Waals surface area contributed by atoms with Crippen LogP contribution in [0.1, 0.15) is 34.3 Å². The summed E-state index contributed by atoms with van der Waals surface area (Å²) in [6.07, 6.45) is 0. The molecule has 0 atom stereocenters. The van der Waals surface area contributed by atoms with Crippen molar-refractivity contribution in [3.63, 3.8) is 0 Å². The molecule has 0 unspecified atom stereocenters. The van der Waals surface area contributed by atoms with Gasteiger partial charge in [-0.2, -0.15) is 0 Å². The van der Waals surface area contributed by atoms with Crippen LogP contribution in [0.3, 0.4) is 0 Å². The summed E-state index contributed by atoms with van der Waals surface area (Å²) in [6, 6.07) is -3.75. The van der Waals surface area contributed by atoms with Gasteiger partial charge in [0.15, 0.2) is 0 Å². The van der Waals surface area contributed by atoms with Crippen LogP contribution in [0.5, 0.6) is 0 Å². The van der Waals surface area contributed by atoms with E-state index in [1.807, 2.05) is 0 Å². The Morgan fingerprint density at radius 3 is 1.63 bits per heavy atom. The molecule has 0 N–H and O–H groups in total. The molecule has 0 aliphatic rings. The van der Waals surface area contributed by atoms with Gasteiger partial charge in [-0.3, -0.25) is 0 Å². The fourth-order valence-corrected chi connectivity index (χ4v) is 7.11. The van der Waals surface area contributed by atoms with Crippen molar-refractivity contribution in [1.29, 1.82) is 0 Å². The van der Waals surface area contributed by atoms with E-state index in [9.17, 15) is 16.4 Å². The Labute approximate surface area is 364 Å². The summed E-state index contributed by atoms with van der Waals surface area (Å²) in [6.45, 7) is 0. The zero-order chi connectivity index (χ0) is 59.2. The maximum Gasteiger partial charge on any atom is 0.137 e. The van der Waals surface area contributed by atoms with Gasteiger partial charge < -0.3 is 13.6 Å². The van der Waals surface area contributed by atoms with E-state index in [0.29, 0.717) is 5.69 Å². The molecule has 0 aliphatic carbocycles. The molecule has 0 spiro atoms. The molecule has 0 saturated carbocycles. The largest absolute Gasteiger partial charge is 0.456 e. The number of rotatable bonds is 5. The van der Waals surface area contributed by atoms with Crippen LogP contribution < -0.4 is 0 Å². The number of nitrogens with zero attached hydrogens (tertiary/aromatic N) is 2. The number of benzene rings is 9. The zero-order valence-corrected chi connectivity index (χ0v) is 29.0. The van der Waals surface area contributed by atoms with E-state index >= 15 is 0 Å². The first kappa shape index (κ1) is 15.9. The SMILES string of the molecule is [2H]c1cc([2H])cc(-c2c([2H])c([2H])c(-c3c([2H])c([2H])c4c(oc5c([2H])c(-n6c7cc([2H])c(-c8c([2H])c([2H])c9c%10c([2H])c([2H])c([2H])c([2H])c%10n(-c%10ccccc%10)c9c8[2H])c([2H])c7c7c([2H])c([2H])c([2H])c([2H])c76)c([2H])c([2H])c54)c3[2H])c([2H])c2[2H])c1. The number of para-hydroxylation sites is 3. The van der Waals surface area contributed by atoms with Crippen LogP contribution in [-0.4, -0.2) is 9.13 Å². The van der Waals surface area contributed by atoms with Gasteiger partial charge in [0.2, 0.25) is 0 Å². The van der Waals surface area contributed by atoms with E-state index < -0.39 is 200 Å². The second kappa shape index (κ2) is 12.5. The van der Waals surface area contributed by atoms with Gasteiger partial charge in [-0.25, -0.2) is 0 Å². The third kappa shape index (κ3) is 4.99. The van der Waals surface area contributed by atoms with Gasteiger partial charge in [0.1, 0.15) is 11.2 Å². The van der Waals surface area contributed by atoms with E-state index in [0.717, 1.165) is 10.6 Å². The Morgan fingerprint density at radius 1 is 0.316 bits per heavy atom. The quantitative estimate of drug-likeness (QED) is 0.172. The summed E-state index contributed by atoms with van der Waals surface area (Å²) in [5.74, 6) is 0. The lowest BCUT2D eigenvalue weighted by Crippen LogP contribution is -1.94. The highest BCUT2D eigenvalue weighted by Gasteiger charge is 2.17. The predicted octanol–water partition coefficient (Wildman–Crippen LogP) is 14.8. The zero-order valence-electron chi connectivity index (χ0n) is 54.0. The maximum atomic E-state index is 9.93. The second-order valence-corrected chi connectivity index (χ2v) is 12.9. The highest BCUT2D eigenvalue weighted by atomic mass is 16.3. The third-order valence-electron chi connectivity index (χ3n) is 9.69. The highest BCUT2D eigenvalue weighted by molar-refractivity contribution is 6.13. The molecule has 266 valence electrons. The van der Waals surface area contributed by atoms with Crippen molar-refractivity contribution in [2.75, 3.05) is 0 Å². The molecule has 3 heterocycles. The summed E-state index contributed by atoms with van der Waals surface area (Å²) in [4.78, 5) is 0. The normalized spacial score (nSPS) is 18.0. The molecular weight excluding hydrogens is 693 g/mol. The van der Waals surface area contributed by atoms with Crippen molar-refractivity contribution < 1.29 is 38.7 Å². The van der Waals surface area contributed by atoms with Crippen molar-refractivity contribution in [2.45, 2.75) is 0 Å². The summed E-state index contributed by atoms with van der Waals surface area (Å²) in [7, 11) is 0. The van der Waals surface area contributed by atoms with Crippen molar-refractivity contribution in [1.82, 2.24) is 9.13 Å². The monoisotopic (exact) mass is 751 g/mol. The van der Waals surface area contributed by atoms with Crippen LogP contribution in [0.15, 0.2) is 210 Å². The van der Waals surface area contributed by atoms with Crippen molar-refractivity contribution in [3.05, 3.63) is 206 Å². The third-order valence-corrected chi connectivity index (χ3v) is 9.69. The number of hydrogen-bond donors (Lipinski definition) is 0. The van der Waals surface area contributed by atoms with Gasteiger partial charge in [-0.05, 0) is 99.9 Å². The minimum atomic E-state index is -0.841. The van der Waals surface area contributed by atoms with Crippen molar-refractivity contribution in [3.8, 4) is 44.8 Å². The second-order valence-electron chi connectivity index (χ2n) is 12.9. The van der Waals surface area contributed by atoms with Crippen molar-refractivity contribution >= 4 is 65.6 Å². The molecule has 12 rings (SSSR count). The van der Waals surface area contributed by atoms with Gasteiger partial charge in [0.05, 0.1) is 56.3 Å². The molecule has 9 aromatic carbocycles. The molecule has 3 aromatic heterocycles. The molecule has 0 saturated heterocycles. The van der Waals surface area contributed by atoms with Gasteiger partial charge in [0.25, 0.3) is 0 Å². The van der Waals surface area contributed by atoms with Gasteiger partial charge in [-0.1, -0.05) is 133 Å². The van der Waals surface area contributed by atoms with Crippen LogP contribution in [0.25, 0.3) is 110 Å². The molecule has 3 heteroatoms. The van der Waals surface area contributed by atoms with Crippen LogP contribution in [0.4, 0.5) is 0 Å². The van der Waals surface area contributed by atoms with Gasteiger partial charge in [0, 0.05) is 49.7 Å². The summed E-state index contributed by atoms with van der Waals surface area (Å²) >= 11 is 0. The van der Waals surface area contributed by atoms with E-state index in [4.69, 9.17) is 22.2 Å². The predicted molar refractivity (Wildman–Crippen MR) is 239 cm³/mol. The molecule has 0 radical (unpaired) electrons. The molecule has 0 fully saturated rings. The fourth-order valence-electron chi connectivity index (χ4n) is 7.11. The number of aromatic nitrogens is 2. The molecule has 12 aromatic rings. The molecule has 0 amide bonds. The Bertz CT molecular complexity index is 4940. The average Bonchev–Trinajstić information content (AvgIpc) is 1.74. The molecule has 0 bridgehead atoms. The van der Waals surface area contributed by atoms with Crippen LogP contribution in [-0.2, 0) is 0 Å². The number of fused-ring (bicyclic) bond motifs is 9. The lowest BCUT2D eigenvalue weighted by atomic mass is 9.99. The summed E-state index contributed by atoms with van der Waals surface area (Å²) in [5, 5.41) is -1.98. The van der Waals surface area contributed by atoms with Crippen molar-refractivity contribution in [2.24, 2.45) is 0 Å². The number of furan rings is 1. The minimum absolute atomic E-state index is 0.0221. The van der Waals surface area contributed by atoms with Crippen LogP contribution in [0.2, 0.25) is 0 Å². The first-order chi connectivity index (χ1) is 38.7. The first-order valence-corrected chi connectivity index (χ1v) is 17.5. The Hall–Kier alpha value is -7.62. The van der Waals surface area contributed by atoms with E-state index in [-0.39, 0.29) is 55.9 Å². The van der Waals surface area contributed by atoms with Crippen LogP contribution in [0, 0.1) is 0 Å². The number of hydrogen-bond acceptors (Lipinski definition) is 1. The first-order valence-electron chi connectivity index (χ1n) is 30.0. The van der Waals surface area contributed by atoms with E-state index in [2.05, 4.69) is 0 Å². The lowest BCUT2D eigenvalue weighted by molar-refractivity contribution is 0.669. The molecular formula is C54H34N2O. The minimum Gasteiger partial charge on any atom is -0.456 e. The smallest absolute Gasteiger partial charge is 0.137 e. The molecule has 57 heavy (non-hydrogen) atoms. The van der Waals surface area contributed by atoms with Gasteiger partial charge in [-0.15, -0.1) is 0 Å². The Kier molecular flexibility index (Phi) is 3.46. The topological polar surface area (TPSA) is 23.0 Å². The van der Waals surface area contributed by atoms with Gasteiger partial charge >= 0.3 is 0 Å². The Morgan fingerprint density at radius 2 is 0.877 bits per heavy atom. The summed E-state index contributed by atoms with van der Waals surface area (Å²) < 4.78 is 236. The lowest BCUT2D eigenvalue weighted by Gasteiger charge is -2.10. The molecule has 3 nitrogen and oxygen atoms in total. The van der Waals surface area contributed by atoms with E-state index in [1.54, 1.807) is 30.3 Å². The highest BCUT2D eigenvalue weighted by Crippen LogP contribution is 2.40. The fraction of sp³-hybridized carbons (Fsp3) is 0. The molecule has 0 aliphatic heterocycles. The van der Waals surface area contributed by atoms with Crippen LogP contribution >= 0.6 is 0 Å². The van der Waals surface area contributed by atoms with E-state index in [1.165, 1.54) is 22.8 Å².